The monoisotopic (exact) mass is 1220 g/mol. The van der Waals surface area contributed by atoms with E-state index in [1.807, 2.05) is 21.1 Å². The first-order valence-corrected chi connectivity index (χ1v) is 37.4. The molecular formula is C78H143NO8. The minimum Gasteiger partial charge on any atom is -0.545 e. The summed E-state index contributed by atoms with van der Waals surface area (Å²) in [6, 6.07) is 0. The van der Waals surface area contributed by atoms with E-state index in [2.05, 4.69) is 74.6 Å². The van der Waals surface area contributed by atoms with Crippen molar-refractivity contribution in [2.24, 2.45) is 0 Å². The molecule has 0 spiro atoms. The maximum atomic E-state index is 13.0. The van der Waals surface area contributed by atoms with Gasteiger partial charge in [-0.2, -0.15) is 0 Å². The second-order valence-electron chi connectivity index (χ2n) is 26.6. The van der Waals surface area contributed by atoms with Gasteiger partial charge in [-0.1, -0.05) is 351 Å². The number of esters is 2. The minimum absolute atomic E-state index is 0.150. The van der Waals surface area contributed by atoms with Crippen molar-refractivity contribution < 1.29 is 42.9 Å². The van der Waals surface area contributed by atoms with Gasteiger partial charge in [0.2, 0.25) is 0 Å². The van der Waals surface area contributed by atoms with Crippen molar-refractivity contribution in [1.82, 2.24) is 0 Å². The van der Waals surface area contributed by atoms with Gasteiger partial charge in [0.15, 0.2) is 12.4 Å². The summed E-state index contributed by atoms with van der Waals surface area (Å²) in [6.45, 7) is 4.70. The molecule has 0 aliphatic rings. The third kappa shape index (κ3) is 70.3. The predicted octanol–water partition coefficient (Wildman–Crippen LogP) is 22.1. The number of rotatable bonds is 70. The largest absolute Gasteiger partial charge is 0.545 e. The van der Waals surface area contributed by atoms with Crippen LogP contribution in [-0.2, 0) is 33.3 Å². The summed E-state index contributed by atoms with van der Waals surface area (Å²) in [5.41, 5.74) is 0. The second kappa shape index (κ2) is 68.9. The quantitative estimate of drug-likeness (QED) is 0.0195. The zero-order valence-electron chi connectivity index (χ0n) is 58.2. The van der Waals surface area contributed by atoms with E-state index in [0.717, 1.165) is 70.6 Å². The van der Waals surface area contributed by atoms with Gasteiger partial charge in [0, 0.05) is 12.8 Å². The molecule has 2 unspecified atom stereocenters. The lowest BCUT2D eigenvalue weighted by Gasteiger charge is -2.26. The molecule has 0 amide bonds. The maximum absolute atomic E-state index is 13.0. The molecule has 0 saturated heterocycles. The SMILES string of the molecule is CC/C=C\C/C=C\C/C=C\C/C=C\C/C=C\CCCCCCCCCCCCCCCCCCCCCCCC(=O)OC(COC(=O)CCCCCCCCCCCCCCCCCCCCCCCCCCC)COC(OCC[N+](C)(C)C)C(=O)[O-]. The highest BCUT2D eigenvalue weighted by Gasteiger charge is 2.22. The molecular weight excluding hydrogens is 1080 g/mol. The highest BCUT2D eigenvalue weighted by atomic mass is 16.7. The Labute approximate surface area is 539 Å². The van der Waals surface area contributed by atoms with Crippen molar-refractivity contribution in [2.75, 3.05) is 47.5 Å². The number of carbonyl (C=O) groups excluding carboxylic acids is 3. The van der Waals surface area contributed by atoms with Gasteiger partial charge < -0.3 is 33.3 Å². The Balaban J connectivity index is 4.00. The van der Waals surface area contributed by atoms with Gasteiger partial charge >= 0.3 is 11.9 Å². The van der Waals surface area contributed by atoms with E-state index in [0.29, 0.717) is 17.4 Å². The maximum Gasteiger partial charge on any atom is 0.306 e. The topological polar surface area (TPSA) is 111 Å². The van der Waals surface area contributed by atoms with Gasteiger partial charge in [-0.15, -0.1) is 0 Å². The van der Waals surface area contributed by atoms with Gasteiger partial charge in [-0.3, -0.25) is 9.59 Å². The standard InChI is InChI=1S/C78H143NO8/c1-6-8-10-12-14-16-18-20-22-24-26-28-30-32-33-34-35-36-37-38-39-40-41-42-43-45-47-49-51-53-55-57-59-61-63-65-67-69-76(81)87-74(73-86-78(77(82)83)84-71-70-79(3,4)5)72-85-75(80)68-66-64-62-60-58-56-54-52-50-48-46-44-31-29-27-25-23-21-19-17-15-13-11-9-7-2/h8,10,14,16,20,22,26,28,32-33,74,78H,6-7,9,11-13,15,17-19,21,23-25,27,29-31,34-73H2,1-5H3/b10-8-,16-14-,22-20-,28-26-,33-32-. The highest BCUT2D eigenvalue weighted by Crippen LogP contribution is 2.19. The van der Waals surface area contributed by atoms with Gasteiger partial charge in [0.05, 0.1) is 40.3 Å². The van der Waals surface area contributed by atoms with Crippen LogP contribution in [0.4, 0.5) is 0 Å². The molecule has 0 aromatic rings. The van der Waals surface area contributed by atoms with Gasteiger partial charge in [0.1, 0.15) is 13.2 Å². The summed E-state index contributed by atoms with van der Waals surface area (Å²) in [5.74, 6) is -2.25. The number of aliphatic carboxylic acids is 1. The van der Waals surface area contributed by atoms with Crippen molar-refractivity contribution >= 4 is 17.9 Å². The second-order valence-corrected chi connectivity index (χ2v) is 26.6. The Bertz CT molecular complexity index is 1610. The van der Waals surface area contributed by atoms with Crippen LogP contribution in [-0.4, -0.2) is 82.3 Å². The molecule has 0 rings (SSSR count). The van der Waals surface area contributed by atoms with Crippen LogP contribution in [0, 0.1) is 0 Å². The van der Waals surface area contributed by atoms with Crippen molar-refractivity contribution in [3.63, 3.8) is 0 Å². The van der Waals surface area contributed by atoms with Crippen molar-refractivity contribution in [3.8, 4) is 0 Å². The number of carbonyl (C=O) groups is 3. The van der Waals surface area contributed by atoms with E-state index in [9.17, 15) is 19.5 Å². The van der Waals surface area contributed by atoms with Crippen LogP contribution in [0.3, 0.4) is 0 Å². The molecule has 0 N–H and O–H groups in total. The summed E-state index contributed by atoms with van der Waals surface area (Å²) in [4.78, 5) is 37.5. The zero-order valence-corrected chi connectivity index (χ0v) is 58.2. The molecule has 9 nitrogen and oxygen atoms in total. The Kier molecular flexibility index (Phi) is 66.5. The Morgan fingerprint density at radius 2 is 0.655 bits per heavy atom. The molecule has 2 atom stereocenters. The van der Waals surface area contributed by atoms with Crippen LogP contribution in [0.5, 0.6) is 0 Å². The molecule has 0 aliphatic carbocycles. The van der Waals surface area contributed by atoms with Gasteiger partial charge in [-0.05, 0) is 57.8 Å². The molecule has 0 bridgehead atoms. The summed E-state index contributed by atoms with van der Waals surface area (Å²) < 4.78 is 22.9. The van der Waals surface area contributed by atoms with E-state index in [1.54, 1.807) is 0 Å². The fraction of sp³-hybridized carbons (Fsp3) is 0.833. The summed E-state index contributed by atoms with van der Waals surface area (Å²) in [7, 11) is 5.95. The lowest BCUT2D eigenvalue weighted by atomic mass is 10.0. The lowest BCUT2D eigenvalue weighted by Crippen LogP contribution is -2.44. The normalized spacial score (nSPS) is 13.0. The number of hydrogen-bond donors (Lipinski definition) is 0. The molecule has 9 heteroatoms. The van der Waals surface area contributed by atoms with Crippen molar-refractivity contribution in [2.45, 2.75) is 373 Å². The van der Waals surface area contributed by atoms with E-state index in [4.69, 9.17) is 18.9 Å². The van der Waals surface area contributed by atoms with Gasteiger partial charge in [0.25, 0.3) is 0 Å². The first-order chi connectivity index (χ1) is 42.6. The molecule has 0 radical (unpaired) electrons. The van der Waals surface area contributed by atoms with Crippen LogP contribution >= 0.6 is 0 Å². The molecule has 0 saturated carbocycles. The van der Waals surface area contributed by atoms with Crippen LogP contribution in [0.2, 0.25) is 0 Å². The lowest BCUT2D eigenvalue weighted by molar-refractivity contribution is -0.870. The van der Waals surface area contributed by atoms with Gasteiger partial charge in [-0.25, -0.2) is 0 Å². The average molecular weight is 1220 g/mol. The van der Waals surface area contributed by atoms with Crippen molar-refractivity contribution in [1.29, 1.82) is 0 Å². The Morgan fingerprint density at radius 3 is 0.977 bits per heavy atom. The number of hydrogen-bond acceptors (Lipinski definition) is 8. The number of carboxylic acid groups (broad SMARTS) is 1. The number of ether oxygens (including phenoxy) is 4. The van der Waals surface area contributed by atoms with E-state index in [-0.39, 0.29) is 32.2 Å². The summed E-state index contributed by atoms with van der Waals surface area (Å²) in [5, 5.41) is 11.8. The first-order valence-electron chi connectivity index (χ1n) is 37.4. The van der Waals surface area contributed by atoms with Crippen LogP contribution in [0.15, 0.2) is 60.8 Å². The highest BCUT2D eigenvalue weighted by molar-refractivity contribution is 5.70. The van der Waals surface area contributed by atoms with Crippen molar-refractivity contribution in [3.05, 3.63) is 60.8 Å². The molecule has 0 aromatic carbocycles. The van der Waals surface area contributed by atoms with E-state index < -0.39 is 24.3 Å². The van der Waals surface area contributed by atoms with E-state index in [1.165, 1.54) is 263 Å². The molecule has 0 aliphatic heterocycles. The molecule has 0 fully saturated rings. The number of carboxylic acids is 1. The third-order valence-electron chi connectivity index (χ3n) is 16.8. The fourth-order valence-electron chi connectivity index (χ4n) is 11.1. The number of quaternary nitrogens is 1. The number of nitrogens with zero attached hydrogens (tertiary/aromatic N) is 1. The van der Waals surface area contributed by atoms with Crippen LogP contribution < -0.4 is 5.11 Å². The number of allylic oxidation sites excluding steroid dienone is 10. The third-order valence-corrected chi connectivity index (χ3v) is 16.8. The Morgan fingerprint density at radius 1 is 0.356 bits per heavy atom. The average Bonchev–Trinajstić information content (AvgIpc) is 3.57. The molecule has 508 valence electrons. The summed E-state index contributed by atoms with van der Waals surface area (Å²) >= 11 is 0. The molecule has 87 heavy (non-hydrogen) atoms. The van der Waals surface area contributed by atoms with E-state index >= 15 is 0 Å². The smallest absolute Gasteiger partial charge is 0.306 e. The van der Waals surface area contributed by atoms with Crippen LogP contribution in [0.1, 0.15) is 361 Å². The summed E-state index contributed by atoms with van der Waals surface area (Å²) in [6.07, 6.45) is 87.5. The zero-order chi connectivity index (χ0) is 63.3. The number of unbranched alkanes of at least 4 members (excludes halogenated alkanes) is 45. The predicted molar refractivity (Wildman–Crippen MR) is 371 cm³/mol. The first kappa shape index (κ1) is 84.0. The fourth-order valence-corrected chi connectivity index (χ4v) is 11.1. The molecule has 0 aromatic heterocycles. The number of likely N-dealkylation sites (N-methyl/N-ethyl adjacent to an activating group) is 1. The minimum atomic E-state index is -1.62. The molecule has 0 heterocycles. The Hall–Kier alpha value is -3.01. The van der Waals surface area contributed by atoms with Crippen LogP contribution in [0.25, 0.3) is 0 Å².